The smallest absolute Gasteiger partial charge is 0.222 e. The molecule has 1 saturated heterocycles. The Bertz CT molecular complexity index is 719. The average Bonchev–Trinajstić information content (AvgIpc) is 2.90. The van der Waals surface area contributed by atoms with Crippen LogP contribution < -0.4 is 16.0 Å². The van der Waals surface area contributed by atoms with Crippen molar-refractivity contribution in [1.29, 1.82) is 0 Å². The molecule has 1 amide bonds. The number of benzene rings is 1. The van der Waals surface area contributed by atoms with Crippen LogP contribution in [0.25, 0.3) is 0 Å². The lowest BCUT2D eigenvalue weighted by molar-refractivity contribution is -0.121. The van der Waals surface area contributed by atoms with Gasteiger partial charge in [-0.3, -0.25) is 9.79 Å². The van der Waals surface area contributed by atoms with E-state index in [-0.39, 0.29) is 29.9 Å². The number of carbonyl (C=O) groups excluding carboxylic acids is 1. The van der Waals surface area contributed by atoms with E-state index in [1.165, 1.54) is 0 Å². The highest BCUT2D eigenvalue weighted by Gasteiger charge is 2.28. The molecule has 7 nitrogen and oxygen atoms in total. The first-order valence-electron chi connectivity index (χ1n) is 8.07. The van der Waals surface area contributed by atoms with Gasteiger partial charge in [-0.25, -0.2) is 8.42 Å². The van der Waals surface area contributed by atoms with Crippen molar-refractivity contribution in [1.82, 2.24) is 16.0 Å². The molecule has 1 aliphatic rings. The van der Waals surface area contributed by atoms with Crippen molar-refractivity contribution in [2.24, 2.45) is 4.99 Å². The topological polar surface area (TPSA) is 99.7 Å². The first-order chi connectivity index (χ1) is 11.9. The molecule has 1 aromatic rings. The maximum absolute atomic E-state index is 11.9. The summed E-state index contributed by atoms with van der Waals surface area (Å²) in [5, 5.41) is 9.65. The van der Waals surface area contributed by atoms with Crippen molar-refractivity contribution in [2.75, 3.05) is 25.1 Å². The van der Waals surface area contributed by atoms with E-state index < -0.39 is 9.84 Å². The van der Waals surface area contributed by atoms with E-state index in [4.69, 9.17) is 11.6 Å². The molecular formula is C16H23ClN4O3S. The van der Waals surface area contributed by atoms with Crippen molar-refractivity contribution in [3.8, 4) is 0 Å². The van der Waals surface area contributed by atoms with E-state index in [1.54, 1.807) is 7.05 Å². The molecule has 138 valence electrons. The molecule has 1 aromatic carbocycles. The highest BCUT2D eigenvalue weighted by molar-refractivity contribution is 7.91. The van der Waals surface area contributed by atoms with Gasteiger partial charge in [-0.15, -0.1) is 0 Å². The number of amides is 1. The van der Waals surface area contributed by atoms with Gasteiger partial charge in [-0.05, 0) is 24.1 Å². The minimum absolute atomic E-state index is 0.0382. The SMILES string of the molecule is CN=C(NCCC(=O)NC1CCS(=O)(=O)C1)NCc1ccc(Cl)cc1. The molecule has 1 atom stereocenters. The molecule has 1 aliphatic heterocycles. The van der Waals surface area contributed by atoms with Gasteiger partial charge in [0.05, 0.1) is 11.5 Å². The third-order valence-corrected chi connectivity index (χ3v) is 5.86. The summed E-state index contributed by atoms with van der Waals surface area (Å²) in [5.41, 5.74) is 1.06. The average molecular weight is 387 g/mol. The quantitative estimate of drug-likeness (QED) is 0.493. The third kappa shape index (κ3) is 6.91. The fourth-order valence-corrected chi connectivity index (χ4v) is 4.31. The molecule has 0 radical (unpaired) electrons. The van der Waals surface area contributed by atoms with Crippen LogP contribution in [0.5, 0.6) is 0 Å². The summed E-state index contributed by atoms with van der Waals surface area (Å²) >= 11 is 5.85. The van der Waals surface area contributed by atoms with Gasteiger partial charge in [0.25, 0.3) is 0 Å². The summed E-state index contributed by atoms with van der Waals surface area (Å²) in [6.45, 7) is 0.995. The van der Waals surface area contributed by atoms with Crippen LogP contribution in [0.3, 0.4) is 0 Å². The molecule has 1 heterocycles. The monoisotopic (exact) mass is 386 g/mol. The Balaban J connectivity index is 1.66. The molecule has 0 spiro atoms. The van der Waals surface area contributed by atoms with Gasteiger partial charge in [-0.1, -0.05) is 23.7 Å². The summed E-state index contributed by atoms with van der Waals surface area (Å²) in [6.07, 6.45) is 0.740. The Morgan fingerprint density at radius 1 is 1.28 bits per heavy atom. The number of halogens is 1. The highest BCUT2D eigenvalue weighted by atomic mass is 35.5. The maximum Gasteiger partial charge on any atom is 0.222 e. The number of nitrogens with one attached hydrogen (secondary N) is 3. The van der Waals surface area contributed by atoms with Crippen LogP contribution in [0.1, 0.15) is 18.4 Å². The van der Waals surface area contributed by atoms with Crippen LogP contribution >= 0.6 is 11.6 Å². The molecule has 9 heteroatoms. The molecular weight excluding hydrogens is 364 g/mol. The van der Waals surface area contributed by atoms with E-state index in [1.807, 2.05) is 24.3 Å². The Morgan fingerprint density at radius 2 is 2.00 bits per heavy atom. The van der Waals surface area contributed by atoms with E-state index >= 15 is 0 Å². The van der Waals surface area contributed by atoms with Gasteiger partial charge in [-0.2, -0.15) is 0 Å². The molecule has 0 bridgehead atoms. The van der Waals surface area contributed by atoms with Gasteiger partial charge >= 0.3 is 0 Å². The summed E-state index contributed by atoms with van der Waals surface area (Å²) in [6, 6.07) is 7.22. The zero-order chi connectivity index (χ0) is 18.3. The van der Waals surface area contributed by atoms with Crippen molar-refractivity contribution < 1.29 is 13.2 Å². The van der Waals surface area contributed by atoms with Crippen molar-refractivity contribution in [3.63, 3.8) is 0 Å². The number of hydrogen-bond acceptors (Lipinski definition) is 4. The van der Waals surface area contributed by atoms with Gasteiger partial charge in [0.15, 0.2) is 15.8 Å². The molecule has 0 aliphatic carbocycles. The molecule has 3 N–H and O–H groups in total. The lowest BCUT2D eigenvalue weighted by Gasteiger charge is -2.13. The zero-order valence-electron chi connectivity index (χ0n) is 14.1. The van der Waals surface area contributed by atoms with Crippen molar-refractivity contribution in [2.45, 2.75) is 25.4 Å². The number of nitrogens with zero attached hydrogens (tertiary/aromatic N) is 1. The normalized spacial score (nSPS) is 19.4. The van der Waals surface area contributed by atoms with Gasteiger partial charge in [0.2, 0.25) is 5.91 Å². The largest absolute Gasteiger partial charge is 0.356 e. The Kier molecular flexibility index (Phi) is 7.07. The standard InChI is InChI=1S/C16H23ClN4O3S/c1-18-16(20-10-12-2-4-13(17)5-3-12)19-8-6-15(22)21-14-7-9-25(23,24)11-14/h2-5,14H,6-11H2,1H3,(H,21,22)(H2,18,19,20). The van der Waals surface area contributed by atoms with Crippen LogP contribution in [0.2, 0.25) is 5.02 Å². The van der Waals surface area contributed by atoms with E-state index in [0.717, 1.165) is 5.56 Å². The third-order valence-electron chi connectivity index (χ3n) is 3.84. The second-order valence-electron chi connectivity index (χ2n) is 5.90. The van der Waals surface area contributed by atoms with E-state index in [0.29, 0.717) is 30.5 Å². The lowest BCUT2D eigenvalue weighted by Crippen LogP contribution is -2.40. The molecule has 1 fully saturated rings. The molecule has 0 aromatic heterocycles. The first-order valence-corrected chi connectivity index (χ1v) is 10.3. The maximum atomic E-state index is 11.9. The van der Waals surface area contributed by atoms with Crippen LogP contribution in [-0.2, 0) is 21.2 Å². The summed E-state index contributed by atoms with van der Waals surface area (Å²) in [4.78, 5) is 16.0. The fourth-order valence-electron chi connectivity index (χ4n) is 2.51. The minimum Gasteiger partial charge on any atom is -0.356 e. The van der Waals surface area contributed by atoms with Crippen LogP contribution in [-0.4, -0.2) is 51.4 Å². The highest BCUT2D eigenvalue weighted by Crippen LogP contribution is 2.11. The van der Waals surface area contributed by atoms with Crippen LogP contribution in [0.15, 0.2) is 29.3 Å². The molecule has 0 saturated carbocycles. The van der Waals surface area contributed by atoms with Crippen molar-refractivity contribution in [3.05, 3.63) is 34.9 Å². The van der Waals surface area contributed by atoms with Gasteiger partial charge in [0, 0.05) is 37.6 Å². The Hall–Kier alpha value is -1.80. The minimum atomic E-state index is -2.98. The number of sulfone groups is 1. The second kappa shape index (κ2) is 9.05. The number of rotatable bonds is 6. The summed E-state index contributed by atoms with van der Waals surface area (Å²) < 4.78 is 22.8. The second-order valence-corrected chi connectivity index (χ2v) is 8.56. The molecule has 25 heavy (non-hydrogen) atoms. The van der Waals surface area contributed by atoms with Crippen LogP contribution in [0, 0.1) is 0 Å². The number of hydrogen-bond donors (Lipinski definition) is 3. The number of guanidine groups is 1. The zero-order valence-corrected chi connectivity index (χ0v) is 15.7. The molecule has 2 rings (SSSR count). The van der Waals surface area contributed by atoms with E-state index in [9.17, 15) is 13.2 Å². The Morgan fingerprint density at radius 3 is 2.60 bits per heavy atom. The van der Waals surface area contributed by atoms with Gasteiger partial charge in [0.1, 0.15) is 0 Å². The Labute approximate surface area is 153 Å². The van der Waals surface area contributed by atoms with E-state index in [2.05, 4.69) is 20.9 Å². The van der Waals surface area contributed by atoms with Crippen molar-refractivity contribution >= 4 is 33.3 Å². The number of carbonyl (C=O) groups is 1. The lowest BCUT2D eigenvalue weighted by atomic mass is 10.2. The fraction of sp³-hybridized carbons (Fsp3) is 0.500. The summed E-state index contributed by atoms with van der Waals surface area (Å²) in [7, 11) is -1.33. The van der Waals surface area contributed by atoms with Gasteiger partial charge < -0.3 is 16.0 Å². The predicted molar refractivity (Wildman–Crippen MR) is 99.5 cm³/mol. The summed E-state index contributed by atoms with van der Waals surface area (Å²) in [5.74, 6) is 0.613. The van der Waals surface area contributed by atoms with Crippen LogP contribution in [0.4, 0.5) is 0 Å². The first kappa shape index (κ1) is 19.5. The number of aliphatic imine (C=N–C) groups is 1. The predicted octanol–water partition coefficient (Wildman–Crippen LogP) is 0.698. The molecule has 1 unspecified atom stereocenters.